The fraction of sp³-hybridized carbons (Fsp3) is 0.182. The Kier molecular flexibility index (Phi) is 2.86. The molecule has 0 unspecified atom stereocenters. The highest BCUT2D eigenvalue weighted by Gasteiger charge is 2.16. The van der Waals surface area contributed by atoms with Crippen LogP contribution in [0, 0.1) is 5.82 Å². The van der Waals surface area contributed by atoms with Gasteiger partial charge in [0.1, 0.15) is 11.5 Å². The van der Waals surface area contributed by atoms with E-state index in [-0.39, 0.29) is 11.3 Å². The van der Waals surface area contributed by atoms with E-state index in [1.54, 1.807) is 6.92 Å². The molecular formula is C11H10FN3O2. The van der Waals surface area contributed by atoms with Crippen LogP contribution in [0.4, 0.5) is 4.39 Å². The third kappa shape index (κ3) is 2.15. The minimum Gasteiger partial charge on any atom is -0.309 e. The minimum absolute atomic E-state index is 0.106. The first kappa shape index (κ1) is 11.3. The van der Waals surface area contributed by atoms with Gasteiger partial charge in [-0.05, 0) is 12.5 Å². The molecule has 2 N–H and O–H groups in total. The molecule has 0 aliphatic rings. The number of carbonyl (C=O) groups excluding carboxylic acids is 1. The molecular weight excluding hydrogens is 225 g/mol. The largest absolute Gasteiger partial charge is 0.323 e. The lowest BCUT2D eigenvalue weighted by atomic mass is 10.1. The monoisotopic (exact) mass is 235 g/mol. The molecule has 5 nitrogen and oxygen atoms in total. The highest BCUT2D eigenvalue weighted by molar-refractivity contribution is 6.08. The van der Waals surface area contributed by atoms with Gasteiger partial charge in [-0.2, -0.15) is 0 Å². The van der Waals surface area contributed by atoms with Gasteiger partial charge in [0.15, 0.2) is 0 Å². The van der Waals surface area contributed by atoms with E-state index in [0.29, 0.717) is 12.1 Å². The maximum Gasteiger partial charge on any atom is 0.323 e. The lowest BCUT2D eigenvalue weighted by Gasteiger charge is -2.00. The number of imidazole rings is 1. The number of nitrogens with zero attached hydrogens (tertiary/aromatic N) is 1. The zero-order valence-electron chi connectivity index (χ0n) is 9.08. The molecule has 6 heteroatoms. The van der Waals surface area contributed by atoms with Crippen molar-refractivity contribution in [2.45, 2.75) is 13.3 Å². The standard InChI is InChI=1S/C11H10FN3O2/c1-2-8-9(15-11(17)14-8)10(16)6-3-7(12)5-13-4-6/h3-5H,2H2,1H3,(H2,14,15,17). The second-order valence-electron chi connectivity index (χ2n) is 3.51. The van der Waals surface area contributed by atoms with E-state index < -0.39 is 17.3 Å². The fourth-order valence-corrected chi connectivity index (χ4v) is 1.56. The highest BCUT2D eigenvalue weighted by atomic mass is 19.1. The van der Waals surface area contributed by atoms with E-state index in [4.69, 9.17) is 0 Å². The molecule has 0 aromatic carbocycles. The van der Waals surface area contributed by atoms with Crippen LogP contribution in [0.3, 0.4) is 0 Å². The Morgan fingerprint density at radius 1 is 1.41 bits per heavy atom. The average molecular weight is 235 g/mol. The van der Waals surface area contributed by atoms with E-state index in [2.05, 4.69) is 15.0 Å². The van der Waals surface area contributed by atoms with Crippen LogP contribution in [0.1, 0.15) is 28.7 Å². The van der Waals surface area contributed by atoms with Gasteiger partial charge in [0, 0.05) is 17.5 Å². The summed E-state index contributed by atoms with van der Waals surface area (Å²) in [6, 6.07) is 1.08. The molecule has 0 aliphatic heterocycles. The van der Waals surface area contributed by atoms with Gasteiger partial charge in [0.25, 0.3) is 0 Å². The number of ketones is 1. The maximum absolute atomic E-state index is 12.9. The van der Waals surface area contributed by atoms with Crippen molar-refractivity contribution in [2.75, 3.05) is 0 Å². The number of aromatic amines is 2. The summed E-state index contributed by atoms with van der Waals surface area (Å²) in [4.78, 5) is 31.6. The van der Waals surface area contributed by atoms with Crippen LogP contribution in [-0.4, -0.2) is 20.7 Å². The highest BCUT2D eigenvalue weighted by Crippen LogP contribution is 2.10. The second kappa shape index (κ2) is 4.32. The fourth-order valence-electron chi connectivity index (χ4n) is 1.56. The van der Waals surface area contributed by atoms with Gasteiger partial charge in [-0.25, -0.2) is 9.18 Å². The van der Waals surface area contributed by atoms with E-state index in [0.717, 1.165) is 12.3 Å². The number of pyridine rings is 1. The normalized spacial score (nSPS) is 10.5. The lowest BCUT2D eigenvalue weighted by Crippen LogP contribution is -2.07. The summed E-state index contributed by atoms with van der Waals surface area (Å²) in [5.74, 6) is -1.04. The maximum atomic E-state index is 12.9. The van der Waals surface area contributed by atoms with Gasteiger partial charge in [0.05, 0.1) is 6.20 Å². The van der Waals surface area contributed by atoms with Crippen molar-refractivity contribution in [3.63, 3.8) is 0 Å². The summed E-state index contributed by atoms with van der Waals surface area (Å²) < 4.78 is 12.9. The summed E-state index contributed by atoms with van der Waals surface area (Å²) in [6.45, 7) is 1.81. The van der Waals surface area contributed by atoms with Crippen LogP contribution in [0.25, 0.3) is 0 Å². The summed E-state index contributed by atoms with van der Waals surface area (Å²) in [5.41, 5.74) is 0.318. The first-order valence-electron chi connectivity index (χ1n) is 5.08. The van der Waals surface area contributed by atoms with Crippen molar-refractivity contribution in [3.8, 4) is 0 Å². The smallest absolute Gasteiger partial charge is 0.309 e. The average Bonchev–Trinajstić information content (AvgIpc) is 2.69. The van der Waals surface area contributed by atoms with Gasteiger partial charge < -0.3 is 9.97 Å². The van der Waals surface area contributed by atoms with Crippen LogP contribution in [0.5, 0.6) is 0 Å². The molecule has 2 aromatic heterocycles. The Morgan fingerprint density at radius 2 is 2.18 bits per heavy atom. The molecule has 0 atom stereocenters. The van der Waals surface area contributed by atoms with E-state index in [1.807, 2.05) is 0 Å². The SMILES string of the molecule is CCc1[nH]c(=O)[nH]c1C(=O)c1cncc(F)c1. The summed E-state index contributed by atoms with van der Waals surface area (Å²) in [7, 11) is 0. The van der Waals surface area contributed by atoms with Crippen molar-refractivity contribution in [2.24, 2.45) is 0 Å². The molecule has 0 fully saturated rings. The third-order valence-electron chi connectivity index (χ3n) is 2.35. The Morgan fingerprint density at radius 3 is 2.82 bits per heavy atom. The van der Waals surface area contributed by atoms with Gasteiger partial charge in [0.2, 0.25) is 5.78 Å². The Bertz CT molecular complexity index is 615. The number of hydrogen-bond donors (Lipinski definition) is 2. The Labute approximate surface area is 95.7 Å². The topological polar surface area (TPSA) is 78.6 Å². The molecule has 0 amide bonds. The lowest BCUT2D eigenvalue weighted by molar-refractivity contribution is 0.103. The molecule has 0 saturated carbocycles. The summed E-state index contributed by atoms with van der Waals surface area (Å²) in [6.07, 6.45) is 2.77. The van der Waals surface area contributed by atoms with Gasteiger partial charge in [-0.15, -0.1) is 0 Å². The van der Waals surface area contributed by atoms with Crippen LogP contribution in [0.2, 0.25) is 0 Å². The zero-order chi connectivity index (χ0) is 12.4. The summed E-state index contributed by atoms with van der Waals surface area (Å²) in [5, 5.41) is 0. The molecule has 88 valence electrons. The molecule has 0 aliphatic carbocycles. The number of carbonyl (C=O) groups is 1. The van der Waals surface area contributed by atoms with Crippen molar-refractivity contribution >= 4 is 5.78 Å². The Hall–Kier alpha value is -2.24. The molecule has 2 aromatic rings. The molecule has 0 saturated heterocycles. The minimum atomic E-state index is -0.591. The van der Waals surface area contributed by atoms with Crippen molar-refractivity contribution < 1.29 is 9.18 Å². The van der Waals surface area contributed by atoms with E-state index >= 15 is 0 Å². The third-order valence-corrected chi connectivity index (χ3v) is 2.35. The number of halogens is 1. The predicted molar refractivity (Wildman–Crippen MR) is 58.4 cm³/mol. The number of hydrogen-bond acceptors (Lipinski definition) is 3. The molecule has 2 rings (SSSR count). The quantitative estimate of drug-likeness (QED) is 0.780. The van der Waals surface area contributed by atoms with Crippen LogP contribution >= 0.6 is 0 Å². The van der Waals surface area contributed by atoms with Crippen LogP contribution in [-0.2, 0) is 6.42 Å². The molecule has 0 bridgehead atoms. The number of aromatic nitrogens is 3. The van der Waals surface area contributed by atoms with Gasteiger partial charge >= 0.3 is 5.69 Å². The van der Waals surface area contributed by atoms with Crippen molar-refractivity contribution in [3.05, 3.63) is 51.7 Å². The summed E-state index contributed by atoms with van der Waals surface area (Å²) >= 11 is 0. The number of aryl methyl sites for hydroxylation is 1. The number of rotatable bonds is 3. The second-order valence-corrected chi connectivity index (χ2v) is 3.51. The molecule has 0 radical (unpaired) electrons. The van der Waals surface area contributed by atoms with Crippen molar-refractivity contribution in [1.29, 1.82) is 0 Å². The van der Waals surface area contributed by atoms with Crippen LogP contribution in [0.15, 0.2) is 23.3 Å². The Balaban J connectivity index is 2.47. The molecule has 17 heavy (non-hydrogen) atoms. The predicted octanol–water partition coefficient (Wildman–Crippen LogP) is 1.03. The number of nitrogens with one attached hydrogen (secondary N) is 2. The van der Waals surface area contributed by atoms with E-state index in [1.165, 1.54) is 6.20 Å². The van der Waals surface area contributed by atoms with Crippen LogP contribution < -0.4 is 5.69 Å². The van der Waals surface area contributed by atoms with Crippen molar-refractivity contribution in [1.82, 2.24) is 15.0 Å². The molecule has 2 heterocycles. The molecule has 0 spiro atoms. The van der Waals surface area contributed by atoms with Gasteiger partial charge in [-0.3, -0.25) is 9.78 Å². The van der Waals surface area contributed by atoms with Gasteiger partial charge in [-0.1, -0.05) is 6.92 Å². The zero-order valence-corrected chi connectivity index (χ0v) is 9.08. The van der Waals surface area contributed by atoms with E-state index in [9.17, 15) is 14.0 Å². The first-order valence-corrected chi connectivity index (χ1v) is 5.08. The first-order chi connectivity index (χ1) is 8.11. The number of H-pyrrole nitrogens is 2.